The molecule has 16 heavy (non-hydrogen) atoms. The Bertz CT molecular complexity index is 210. The van der Waals surface area contributed by atoms with Crippen LogP contribution in [0, 0.1) is 5.92 Å². The topological polar surface area (TPSA) is 45.7 Å². The van der Waals surface area contributed by atoms with Gasteiger partial charge in [-0.05, 0) is 39.5 Å². The first-order valence-corrected chi connectivity index (χ1v) is 6.40. The minimum atomic E-state index is 0.399. The smallest absolute Gasteiger partial charge is 0.191 e. The molecule has 0 spiro atoms. The normalized spacial score (nSPS) is 24.9. The molecule has 1 aliphatic heterocycles. The third kappa shape index (κ3) is 4.84. The second-order valence-corrected chi connectivity index (χ2v) is 4.32. The van der Waals surface area contributed by atoms with Crippen LogP contribution in [0.2, 0.25) is 0 Å². The number of aliphatic imine (C=N–C) groups is 1. The molecule has 0 amide bonds. The maximum atomic E-state index is 5.53. The van der Waals surface area contributed by atoms with Gasteiger partial charge in [0.2, 0.25) is 0 Å². The van der Waals surface area contributed by atoms with Crippen molar-refractivity contribution in [3.8, 4) is 0 Å². The number of rotatable bonds is 4. The highest BCUT2D eigenvalue weighted by Crippen LogP contribution is 2.19. The first kappa shape index (κ1) is 13.3. The third-order valence-electron chi connectivity index (χ3n) is 2.79. The van der Waals surface area contributed by atoms with Crippen LogP contribution in [0.1, 0.15) is 33.6 Å². The molecule has 2 N–H and O–H groups in total. The lowest BCUT2D eigenvalue weighted by Gasteiger charge is -2.26. The van der Waals surface area contributed by atoms with Gasteiger partial charge in [-0.1, -0.05) is 0 Å². The van der Waals surface area contributed by atoms with Gasteiger partial charge in [0.05, 0.1) is 6.10 Å². The fourth-order valence-electron chi connectivity index (χ4n) is 1.99. The summed E-state index contributed by atoms with van der Waals surface area (Å²) in [6.07, 6.45) is 2.67. The lowest BCUT2D eigenvalue weighted by molar-refractivity contribution is 0.00480. The van der Waals surface area contributed by atoms with Crippen LogP contribution in [0.5, 0.6) is 0 Å². The van der Waals surface area contributed by atoms with E-state index < -0.39 is 0 Å². The Kier molecular flexibility index (Phi) is 6.23. The summed E-state index contributed by atoms with van der Waals surface area (Å²) in [4.78, 5) is 4.60. The van der Waals surface area contributed by atoms with Gasteiger partial charge in [0.15, 0.2) is 5.96 Å². The second kappa shape index (κ2) is 7.49. The summed E-state index contributed by atoms with van der Waals surface area (Å²) in [5.41, 5.74) is 0. The summed E-state index contributed by atoms with van der Waals surface area (Å²) < 4.78 is 5.53. The quantitative estimate of drug-likeness (QED) is 0.563. The van der Waals surface area contributed by atoms with Gasteiger partial charge in [0.25, 0.3) is 0 Å². The van der Waals surface area contributed by atoms with E-state index in [0.29, 0.717) is 12.0 Å². The largest absolute Gasteiger partial charge is 0.378 e. The van der Waals surface area contributed by atoms with Crippen LogP contribution in [-0.4, -0.2) is 38.3 Å². The molecular weight excluding hydrogens is 202 g/mol. The Balaban J connectivity index is 2.35. The second-order valence-electron chi connectivity index (χ2n) is 4.32. The lowest BCUT2D eigenvalue weighted by Crippen LogP contribution is -2.37. The van der Waals surface area contributed by atoms with Gasteiger partial charge in [0, 0.05) is 26.2 Å². The molecule has 1 aliphatic rings. The number of nitrogens with zero attached hydrogens (tertiary/aromatic N) is 1. The average Bonchev–Trinajstić information content (AvgIpc) is 2.27. The molecular formula is C12H25N3O. The maximum absolute atomic E-state index is 5.53. The van der Waals surface area contributed by atoms with Gasteiger partial charge >= 0.3 is 0 Å². The van der Waals surface area contributed by atoms with Crippen molar-refractivity contribution in [2.75, 3.05) is 26.2 Å². The first-order chi connectivity index (χ1) is 7.76. The predicted octanol–water partition coefficient (Wildman–Crippen LogP) is 1.38. The predicted molar refractivity (Wildman–Crippen MR) is 67.8 cm³/mol. The highest BCUT2D eigenvalue weighted by molar-refractivity contribution is 5.79. The molecule has 0 aromatic carbocycles. The Morgan fingerprint density at radius 2 is 2.00 bits per heavy atom. The summed E-state index contributed by atoms with van der Waals surface area (Å²) in [5.74, 6) is 1.61. The fraction of sp³-hybridized carbons (Fsp3) is 0.917. The molecule has 0 aromatic heterocycles. The summed E-state index contributed by atoms with van der Waals surface area (Å²) >= 11 is 0. The van der Waals surface area contributed by atoms with Crippen LogP contribution in [0.4, 0.5) is 0 Å². The number of hydrogen-bond acceptors (Lipinski definition) is 2. The Morgan fingerprint density at radius 1 is 1.31 bits per heavy atom. The summed E-state index contributed by atoms with van der Waals surface area (Å²) in [7, 11) is 0. The van der Waals surface area contributed by atoms with Gasteiger partial charge in [0.1, 0.15) is 0 Å². The number of nitrogens with one attached hydrogen (secondary N) is 2. The molecule has 1 saturated heterocycles. The van der Waals surface area contributed by atoms with E-state index in [1.165, 1.54) is 0 Å². The average molecular weight is 227 g/mol. The van der Waals surface area contributed by atoms with E-state index >= 15 is 0 Å². The molecule has 0 saturated carbocycles. The van der Waals surface area contributed by atoms with Gasteiger partial charge in [-0.25, -0.2) is 0 Å². The molecule has 0 radical (unpaired) electrons. The minimum Gasteiger partial charge on any atom is -0.378 e. The van der Waals surface area contributed by atoms with Crippen molar-refractivity contribution in [3.63, 3.8) is 0 Å². The SMILES string of the molecule is CCNC(=NCC1CCOC(C)C1)NCC. The third-order valence-corrected chi connectivity index (χ3v) is 2.79. The molecule has 4 nitrogen and oxygen atoms in total. The highest BCUT2D eigenvalue weighted by Gasteiger charge is 2.18. The van der Waals surface area contributed by atoms with E-state index in [2.05, 4.69) is 36.4 Å². The Labute approximate surface area is 98.9 Å². The van der Waals surface area contributed by atoms with Gasteiger partial charge in [-0.15, -0.1) is 0 Å². The van der Waals surface area contributed by atoms with Crippen molar-refractivity contribution in [3.05, 3.63) is 0 Å². The number of hydrogen-bond donors (Lipinski definition) is 2. The summed E-state index contributed by atoms with van der Waals surface area (Å²) in [6.45, 7) is 9.94. The van der Waals surface area contributed by atoms with Crippen LogP contribution in [-0.2, 0) is 4.74 Å². The van der Waals surface area contributed by atoms with E-state index in [-0.39, 0.29) is 0 Å². The molecule has 0 aromatic rings. The van der Waals surface area contributed by atoms with E-state index in [0.717, 1.165) is 45.0 Å². The Hall–Kier alpha value is -0.770. The molecule has 2 unspecified atom stereocenters. The molecule has 1 fully saturated rings. The number of guanidine groups is 1. The lowest BCUT2D eigenvalue weighted by atomic mass is 9.96. The molecule has 1 heterocycles. The van der Waals surface area contributed by atoms with Crippen molar-refractivity contribution in [1.29, 1.82) is 0 Å². The zero-order chi connectivity index (χ0) is 11.8. The van der Waals surface area contributed by atoms with Gasteiger partial charge < -0.3 is 15.4 Å². The van der Waals surface area contributed by atoms with Crippen LogP contribution < -0.4 is 10.6 Å². The summed E-state index contributed by atoms with van der Waals surface area (Å²) in [6, 6.07) is 0. The number of ether oxygens (including phenoxy) is 1. The van der Waals surface area contributed by atoms with Crippen LogP contribution in [0.15, 0.2) is 4.99 Å². The van der Waals surface area contributed by atoms with Crippen molar-refractivity contribution in [1.82, 2.24) is 10.6 Å². The highest BCUT2D eigenvalue weighted by atomic mass is 16.5. The maximum Gasteiger partial charge on any atom is 0.191 e. The van der Waals surface area contributed by atoms with Crippen molar-refractivity contribution >= 4 is 5.96 Å². The Morgan fingerprint density at radius 3 is 2.56 bits per heavy atom. The summed E-state index contributed by atoms with van der Waals surface area (Å²) in [5, 5.41) is 6.48. The van der Waals surface area contributed by atoms with E-state index in [1.807, 2.05) is 0 Å². The standard InChI is InChI=1S/C12H25N3O/c1-4-13-12(14-5-2)15-9-11-6-7-16-10(3)8-11/h10-11H,4-9H2,1-3H3,(H2,13,14,15). The molecule has 2 atom stereocenters. The van der Waals surface area contributed by atoms with Gasteiger partial charge in [-0.2, -0.15) is 0 Å². The fourth-order valence-corrected chi connectivity index (χ4v) is 1.99. The van der Waals surface area contributed by atoms with E-state index in [1.54, 1.807) is 0 Å². The van der Waals surface area contributed by atoms with Crippen LogP contribution in [0.25, 0.3) is 0 Å². The zero-order valence-electron chi connectivity index (χ0n) is 10.8. The van der Waals surface area contributed by atoms with Crippen LogP contribution in [0.3, 0.4) is 0 Å². The molecule has 1 rings (SSSR count). The van der Waals surface area contributed by atoms with E-state index in [9.17, 15) is 0 Å². The molecule has 0 bridgehead atoms. The van der Waals surface area contributed by atoms with Crippen molar-refractivity contribution < 1.29 is 4.74 Å². The van der Waals surface area contributed by atoms with Crippen molar-refractivity contribution in [2.24, 2.45) is 10.9 Å². The van der Waals surface area contributed by atoms with Gasteiger partial charge in [-0.3, -0.25) is 4.99 Å². The monoisotopic (exact) mass is 227 g/mol. The minimum absolute atomic E-state index is 0.399. The molecule has 94 valence electrons. The zero-order valence-corrected chi connectivity index (χ0v) is 10.8. The first-order valence-electron chi connectivity index (χ1n) is 6.40. The van der Waals surface area contributed by atoms with Crippen molar-refractivity contribution in [2.45, 2.75) is 39.7 Å². The molecule has 0 aliphatic carbocycles. The van der Waals surface area contributed by atoms with Crippen LogP contribution >= 0.6 is 0 Å². The van der Waals surface area contributed by atoms with E-state index in [4.69, 9.17) is 4.74 Å². The molecule has 4 heteroatoms.